The molecule has 0 aliphatic carbocycles. The average molecular weight is 478 g/mol. The quantitative estimate of drug-likeness (QED) is 0.398. The molecule has 0 spiro atoms. The molecule has 1 saturated heterocycles. The summed E-state index contributed by atoms with van der Waals surface area (Å²) < 4.78 is 6.33. The molecule has 8 nitrogen and oxygen atoms in total. The van der Waals surface area contributed by atoms with Crippen molar-refractivity contribution in [3.05, 3.63) is 63.3 Å². The van der Waals surface area contributed by atoms with Crippen molar-refractivity contribution in [2.45, 2.75) is 46.6 Å². The van der Waals surface area contributed by atoms with Gasteiger partial charge in [-0.1, -0.05) is 26.0 Å². The SMILES string of the molecule is Cc1cc(C(C)Nc2ccc(B(O)O)cc2C(=O)O)c2oc(N3CCC(C)(C)CC3)cc(=O)c2c1. The van der Waals surface area contributed by atoms with Gasteiger partial charge in [0.15, 0.2) is 11.3 Å². The van der Waals surface area contributed by atoms with Crippen molar-refractivity contribution in [2.75, 3.05) is 23.3 Å². The molecule has 1 unspecified atom stereocenters. The van der Waals surface area contributed by atoms with Crippen LogP contribution in [0.5, 0.6) is 0 Å². The largest absolute Gasteiger partial charge is 0.488 e. The highest BCUT2D eigenvalue weighted by atomic mass is 16.4. The van der Waals surface area contributed by atoms with E-state index in [-0.39, 0.29) is 21.9 Å². The fourth-order valence-electron chi connectivity index (χ4n) is 4.57. The lowest BCUT2D eigenvalue weighted by atomic mass is 9.79. The predicted octanol–water partition coefficient (Wildman–Crippen LogP) is 3.28. The van der Waals surface area contributed by atoms with Gasteiger partial charge >= 0.3 is 13.1 Å². The zero-order valence-corrected chi connectivity index (χ0v) is 20.5. The summed E-state index contributed by atoms with van der Waals surface area (Å²) in [5.74, 6) is -0.652. The van der Waals surface area contributed by atoms with Crippen molar-refractivity contribution >= 4 is 41.1 Å². The number of aryl methyl sites for hydroxylation is 1. The zero-order chi connectivity index (χ0) is 25.5. The van der Waals surface area contributed by atoms with Gasteiger partial charge in [0.2, 0.25) is 0 Å². The molecule has 0 saturated carbocycles. The highest BCUT2D eigenvalue weighted by molar-refractivity contribution is 6.58. The van der Waals surface area contributed by atoms with E-state index in [0.717, 1.165) is 37.1 Å². The summed E-state index contributed by atoms with van der Waals surface area (Å²) in [6, 6.07) is 9.08. The number of hydrogen-bond donors (Lipinski definition) is 4. The monoisotopic (exact) mass is 478 g/mol. The van der Waals surface area contributed by atoms with E-state index in [9.17, 15) is 24.7 Å². The number of carbonyl (C=O) groups is 1. The lowest BCUT2D eigenvalue weighted by Crippen LogP contribution is -2.37. The van der Waals surface area contributed by atoms with Crippen molar-refractivity contribution in [1.29, 1.82) is 0 Å². The molecular formula is C26H31BN2O6. The minimum atomic E-state index is -1.77. The Morgan fingerprint density at radius 2 is 1.83 bits per heavy atom. The van der Waals surface area contributed by atoms with Crippen LogP contribution in [0.2, 0.25) is 0 Å². The maximum atomic E-state index is 13.1. The fourth-order valence-corrected chi connectivity index (χ4v) is 4.57. The second-order valence-electron chi connectivity index (χ2n) is 10.2. The van der Waals surface area contributed by atoms with E-state index in [1.54, 1.807) is 12.1 Å². The van der Waals surface area contributed by atoms with E-state index in [2.05, 4.69) is 24.1 Å². The van der Waals surface area contributed by atoms with Crippen LogP contribution in [0.4, 0.5) is 11.6 Å². The third kappa shape index (κ3) is 5.21. The molecule has 2 heterocycles. The Morgan fingerprint density at radius 3 is 2.46 bits per heavy atom. The average Bonchev–Trinajstić information content (AvgIpc) is 2.78. The first-order valence-corrected chi connectivity index (χ1v) is 11.8. The van der Waals surface area contributed by atoms with Gasteiger partial charge in [0.25, 0.3) is 0 Å². The predicted molar refractivity (Wildman–Crippen MR) is 138 cm³/mol. The fraction of sp³-hybridized carbons (Fsp3) is 0.385. The molecule has 1 fully saturated rings. The number of fused-ring (bicyclic) bond motifs is 1. The van der Waals surface area contributed by atoms with Crippen LogP contribution < -0.4 is 21.1 Å². The van der Waals surface area contributed by atoms with E-state index in [4.69, 9.17) is 4.42 Å². The van der Waals surface area contributed by atoms with Crippen LogP contribution in [-0.4, -0.2) is 41.3 Å². The highest BCUT2D eigenvalue weighted by Gasteiger charge is 2.27. The van der Waals surface area contributed by atoms with Crippen molar-refractivity contribution in [1.82, 2.24) is 0 Å². The summed E-state index contributed by atoms with van der Waals surface area (Å²) in [6.07, 6.45) is 2.01. The number of rotatable bonds is 6. The van der Waals surface area contributed by atoms with Gasteiger partial charge in [0.05, 0.1) is 17.0 Å². The Bertz CT molecular complexity index is 1320. The number of aromatic carboxylic acids is 1. The number of carboxylic acids is 1. The number of benzene rings is 2. The minimum Gasteiger partial charge on any atom is -0.478 e. The van der Waals surface area contributed by atoms with Crippen LogP contribution in [0.15, 0.2) is 45.6 Å². The number of anilines is 2. The van der Waals surface area contributed by atoms with Crippen LogP contribution in [0.25, 0.3) is 11.0 Å². The number of nitrogens with one attached hydrogen (secondary N) is 1. The van der Waals surface area contributed by atoms with Crippen molar-refractivity contribution in [3.8, 4) is 0 Å². The van der Waals surface area contributed by atoms with Gasteiger partial charge in [-0.15, -0.1) is 0 Å². The van der Waals surface area contributed by atoms with E-state index >= 15 is 0 Å². The molecule has 9 heteroatoms. The molecule has 3 aromatic rings. The molecule has 2 aromatic carbocycles. The molecule has 4 N–H and O–H groups in total. The molecule has 184 valence electrons. The molecule has 0 radical (unpaired) electrons. The molecule has 1 aliphatic rings. The van der Waals surface area contributed by atoms with Crippen LogP contribution in [0.3, 0.4) is 0 Å². The molecule has 0 amide bonds. The Hall–Kier alpha value is -3.30. The van der Waals surface area contributed by atoms with Gasteiger partial charge in [-0.2, -0.15) is 0 Å². The molecule has 35 heavy (non-hydrogen) atoms. The summed E-state index contributed by atoms with van der Waals surface area (Å²) in [4.78, 5) is 27.0. The zero-order valence-electron chi connectivity index (χ0n) is 20.5. The Labute approximate surface area is 204 Å². The summed E-state index contributed by atoms with van der Waals surface area (Å²) in [7, 11) is -1.77. The lowest BCUT2D eigenvalue weighted by Gasteiger charge is -2.37. The Morgan fingerprint density at radius 1 is 1.14 bits per heavy atom. The maximum Gasteiger partial charge on any atom is 0.488 e. The van der Waals surface area contributed by atoms with Gasteiger partial charge in [-0.25, -0.2) is 4.79 Å². The summed E-state index contributed by atoms with van der Waals surface area (Å²) in [5.41, 5.74) is 2.56. The highest BCUT2D eigenvalue weighted by Crippen LogP contribution is 2.34. The van der Waals surface area contributed by atoms with Crippen LogP contribution in [-0.2, 0) is 0 Å². The second kappa shape index (κ2) is 9.39. The van der Waals surface area contributed by atoms with Gasteiger partial charge < -0.3 is 29.8 Å². The molecule has 0 bridgehead atoms. The first kappa shape index (κ1) is 24.8. The van der Waals surface area contributed by atoms with E-state index in [0.29, 0.717) is 22.5 Å². The maximum absolute atomic E-state index is 13.1. The third-order valence-electron chi connectivity index (χ3n) is 6.83. The van der Waals surface area contributed by atoms with E-state index in [1.165, 1.54) is 18.2 Å². The summed E-state index contributed by atoms with van der Waals surface area (Å²) in [5, 5.41) is 32.2. The number of carboxylic acid groups (broad SMARTS) is 1. The van der Waals surface area contributed by atoms with Gasteiger partial charge in [-0.3, -0.25) is 4.79 Å². The summed E-state index contributed by atoms with van der Waals surface area (Å²) >= 11 is 0. The number of hydrogen-bond acceptors (Lipinski definition) is 7. The van der Waals surface area contributed by atoms with Gasteiger partial charge in [0, 0.05) is 30.4 Å². The van der Waals surface area contributed by atoms with E-state index < -0.39 is 19.1 Å². The molecular weight excluding hydrogens is 447 g/mol. The van der Waals surface area contributed by atoms with Crippen molar-refractivity contribution in [3.63, 3.8) is 0 Å². The van der Waals surface area contributed by atoms with Crippen molar-refractivity contribution < 1.29 is 24.4 Å². The summed E-state index contributed by atoms with van der Waals surface area (Å²) in [6.45, 7) is 9.87. The minimum absolute atomic E-state index is 0.0851. The smallest absolute Gasteiger partial charge is 0.478 e. The lowest BCUT2D eigenvalue weighted by molar-refractivity contribution is 0.0698. The standard InChI is InChI=1S/C26H31BN2O6/c1-15-11-18(16(2)28-21-6-5-17(27(33)34)13-19(21)25(31)32)24-20(12-15)22(30)14-23(35-24)29-9-7-26(3,4)8-10-29/h5-6,11-14,16,28,33-34H,7-10H2,1-4H3,(H,31,32). The molecule has 1 aliphatic heterocycles. The number of piperidine rings is 1. The molecule has 4 rings (SSSR count). The van der Waals surface area contributed by atoms with Crippen LogP contribution in [0, 0.1) is 12.3 Å². The van der Waals surface area contributed by atoms with Gasteiger partial charge in [-0.05, 0) is 61.3 Å². The molecule has 1 aromatic heterocycles. The number of nitrogens with zero attached hydrogens (tertiary/aromatic N) is 1. The Balaban J connectivity index is 1.74. The first-order valence-electron chi connectivity index (χ1n) is 11.8. The van der Waals surface area contributed by atoms with Crippen molar-refractivity contribution in [2.24, 2.45) is 5.41 Å². The topological polar surface area (TPSA) is 123 Å². The Kier molecular flexibility index (Phi) is 6.66. The van der Waals surface area contributed by atoms with Crippen LogP contribution >= 0.6 is 0 Å². The third-order valence-corrected chi connectivity index (χ3v) is 6.83. The van der Waals surface area contributed by atoms with Crippen LogP contribution in [0.1, 0.15) is 61.1 Å². The van der Waals surface area contributed by atoms with E-state index in [1.807, 2.05) is 19.9 Å². The normalized spacial score (nSPS) is 16.2. The van der Waals surface area contributed by atoms with Gasteiger partial charge in [0.1, 0.15) is 5.58 Å². The molecule has 1 atom stereocenters. The second-order valence-corrected chi connectivity index (χ2v) is 10.2. The first-order chi connectivity index (χ1) is 16.4.